The summed E-state index contributed by atoms with van der Waals surface area (Å²) >= 11 is 0. The Morgan fingerprint density at radius 2 is 1.15 bits per heavy atom. The zero-order valence-electron chi connectivity index (χ0n) is 16.9. The SMILES string of the molecule is CCCCCCCCCCCCOS(=O)(=O)O.[H-].[H-].[H-].[Na+].[Na+].[Na+]. The normalized spacial score (nSPS) is 10.1. The predicted molar refractivity (Wildman–Crippen MR) is 72.7 cm³/mol. The molecular formula is C12H29Na3O4S. The molecule has 4 nitrogen and oxygen atoms in total. The van der Waals surface area contributed by atoms with Gasteiger partial charge in [-0.3, -0.25) is 4.55 Å². The summed E-state index contributed by atoms with van der Waals surface area (Å²) in [4.78, 5) is 0. The second-order valence-electron chi connectivity index (χ2n) is 4.43. The zero-order chi connectivity index (χ0) is 13.0. The van der Waals surface area contributed by atoms with E-state index >= 15 is 0 Å². The molecule has 0 spiro atoms. The van der Waals surface area contributed by atoms with Gasteiger partial charge in [0.1, 0.15) is 0 Å². The van der Waals surface area contributed by atoms with Crippen LogP contribution in [-0.2, 0) is 14.6 Å². The van der Waals surface area contributed by atoms with Crippen LogP contribution in [0.5, 0.6) is 0 Å². The van der Waals surface area contributed by atoms with Crippen molar-refractivity contribution in [1.29, 1.82) is 0 Å². The second kappa shape index (κ2) is 21.9. The first-order valence-electron chi connectivity index (χ1n) is 6.68. The Kier molecular flexibility index (Phi) is 33.6. The monoisotopic (exact) mass is 338 g/mol. The van der Waals surface area contributed by atoms with E-state index in [1.54, 1.807) is 0 Å². The molecule has 0 heterocycles. The van der Waals surface area contributed by atoms with Crippen molar-refractivity contribution in [2.45, 2.75) is 71.1 Å². The Balaban J connectivity index is -0.0000000853. The first-order chi connectivity index (χ1) is 8.06. The van der Waals surface area contributed by atoms with E-state index in [0.717, 1.165) is 12.8 Å². The van der Waals surface area contributed by atoms with Gasteiger partial charge in [-0.05, 0) is 6.42 Å². The molecule has 0 aromatic heterocycles. The van der Waals surface area contributed by atoms with Gasteiger partial charge >= 0.3 is 99.1 Å². The molecule has 0 aromatic carbocycles. The van der Waals surface area contributed by atoms with Crippen LogP contribution in [0.15, 0.2) is 0 Å². The van der Waals surface area contributed by atoms with Gasteiger partial charge in [0.2, 0.25) is 0 Å². The Bertz CT molecular complexity index is 274. The van der Waals surface area contributed by atoms with Gasteiger partial charge in [0, 0.05) is 0 Å². The van der Waals surface area contributed by atoms with Gasteiger partial charge in [0.25, 0.3) is 0 Å². The summed E-state index contributed by atoms with van der Waals surface area (Å²) in [5, 5.41) is 0. The van der Waals surface area contributed by atoms with E-state index in [9.17, 15) is 8.42 Å². The van der Waals surface area contributed by atoms with Crippen molar-refractivity contribution in [2.75, 3.05) is 6.61 Å². The fourth-order valence-electron chi connectivity index (χ4n) is 1.75. The van der Waals surface area contributed by atoms with Gasteiger partial charge < -0.3 is 4.28 Å². The number of unbranched alkanes of at least 4 members (excludes halogenated alkanes) is 9. The van der Waals surface area contributed by atoms with Gasteiger partial charge in [0.15, 0.2) is 0 Å². The molecule has 0 unspecified atom stereocenters. The van der Waals surface area contributed by atoms with Crippen molar-refractivity contribution < 1.29 is 110 Å². The molecule has 0 saturated heterocycles. The number of hydrogen-bond donors (Lipinski definition) is 1. The molecule has 0 saturated carbocycles. The zero-order valence-corrected chi connectivity index (χ0v) is 20.7. The first kappa shape index (κ1) is 30.7. The molecule has 0 amide bonds. The van der Waals surface area contributed by atoms with Gasteiger partial charge in [-0.2, -0.15) is 8.42 Å². The summed E-state index contributed by atoms with van der Waals surface area (Å²) in [6, 6.07) is 0. The molecule has 0 fully saturated rings. The van der Waals surface area contributed by atoms with Gasteiger partial charge in [-0.1, -0.05) is 64.7 Å². The maximum Gasteiger partial charge on any atom is 1.00 e. The molecule has 0 aromatic rings. The van der Waals surface area contributed by atoms with E-state index in [1.165, 1.54) is 44.9 Å². The third-order valence-corrected chi connectivity index (χ3v) is 3.19. The first-order valence-corrected chi connectivity index (χ1v) is 8.04. The van der Waals surface area contributed by atoms with Crippen molar-refractivity contribution in [3.63, 3.8) is 0 Å². The third kappa shape index (κ3) is 29.0. The minimum Gasteiger partial charge on any atom is -1.00 e. The average molecular weight is 338 g/mol. The van der Waals surface area contributed by atoms with Crippen LogP contribution < -0.4 is 88.7 Å². The molecule has 0 bridgehead atoms. The summed E-state index contributed by atoms with van der Waals surface area (Å²) in [5.41, 5.74) is 0. The van der Waals surface area contributed by atoms with Crippen molar-refractivity contribution in [1.82, 2.24) is 0 Å². The average Bonchev–Trinajstić information content (AvgIpc) is 2.24. The fourth-order valence-corrected chi connectivity index (χ4v) is 2.08. The largest absolute Gasteiger partial charge is 1.00 e. The summed E-state index contributed by atoms with van der Waals surface area (Å²) < 4.78 is 33.0. The molecule has 0 aliphatic carbocycles. The van der Waals surface area contributed by atoms with Crippen LogP contribution in [-0.4, -0.2) is 19.6 Å². The molecule has 8 heteroatoms. The molecule has 0 atom stereocenters. The predicted octanol–water partition coefficient (Wildman–Crippen LogP) is -4.92. The van der Waals surface area contributed by atoms with Crippen LogP contribution in [0, 0.1) is 0 Å². The molecule has 0 rings (SSSR count). The smallest absolute Gasteiger partial charge is 1.00 e. The summed E-state index contributed by atoms with van der Waals surface area (Å²) in [6.45, 7) is 2.31. The van der Waals surface area contributed by atoms with Crippen LogP contribution in [0.1, 0.15) is 75.4 Å². The van der Waals surface area contributed by atoms with E-state index in [2.05, 4.69) is 11.1 Å². The van der Waals surface area contributed by atoms with Gasteiger partial charge in [0.05, 0.1) is 6.61 Å². The van der Waals surface area contributed by atoms with Crippen molar-refractivity contribution in [2.24, 2.45) is 0 Å². The van der Waals surface area contributed by atoms with Crippen molar-refractivity contribution in [3.05, 3.63) is 0 Å². The maximum absolute atomic E-state index is 10.2. The van der Waals surface area contributed by atoms with Crippen LogP contribution in [0.3, 0.4) is 0 Å². The minimum atomic E-state index is -4.23. The Hall–Kier alpha value is 2.87. The summed E-state index contributed by atoms with van der Waals surface area (Å²) in [6.07, 6.45) is 11.9. The summed E-state index contributed by atoms with van der Waals surface area (Å²) in [5.74, 6) is 0. The van der Waals surface area contributed by atoms with Crippen LogP contribution in [0.4, 0.5) is 0 Å². The van der Waals surface area contributed by atoms with E-state index < -0.39 is 10.4 Å². The van der Waals surface area contributed by atoms with Crippen LogP contribution in [0.25, 0.3) is 0 Å². The van der Waals surface area contributed by atoms with Gasteiger partial charge in [-0.25, -0.2) is 4.18 Å². The standard InChI is InChI=1S/C12H26O4S.3Na.3H/c1-2-3-4-5-6-7-8-9-10-11-12-16-17(13,14)15;;;;;;/h2-12H2,1H3,(H,13,14,15);;;;;;/q;3*+1;3*-1. The molecule has 0 radical (unpaired) electrons. The molecular weight excluding hydrogens is 309 g/mol. The second-order valence-corrected chi connectivity index (χ2v) is 5.52. The van der Waals surface area contributed by atoms with E-state index in [1.807, 2.05) is 0 Å². The number of hydrogen-bond acceptors (Lipinski definition) is 3. The Morgan fingerprint density at radius 1 is 0.800 bits per heavy atom. The van der Waals surface area contributed by atoms with Crippen LogP contribution >= 0.6 is 0 Å². The minimum absolute atomic E-state index is 0. The quantitative estimate of drug-likeness (QED) is 0.220. The van der Waals surface area contributed by atoms with E-state index in [4.69, 9.17) is 4.55 Å². The fraction of sp³-hybridized carbons (Fsp3) is 1.00. The van der Waals surface area contributed by atoms with Gasteiger partial charge in [-0.15, -0.1) is 0 Å². The molecule has 1 N–H and O–H groups in total. The Morgan fingerprint density at radius 3 is 1.50 bits per heavy atom. The van der Waals surface area contributed by atoms with Crippen molar-refractivity contribution >= 4 is 10.4 Å². The third-order valence-electron chi connectivity index (χ3n) is 2.73. The van der Waals surface area contributed by atoms with Crippen molar-refractivity contribution in [3.8, 4) is 0 Å². The van der Waals surface area contributed by atoms with Crippen LogP contribution in [0.2, 0.25) is 0 Å². The van der Waals surface area contributed by atoms with E-state index in [-0.39, 0.29) is 99.6 Å². The molecule has 110 valence electrons. The number of rotatable bonds is 12. The Labute approximate surface area is 195 Å². The molecule has 0 aliphatic heterocycles. The topological polar surface area (TPSA) is 63.6 Å². The van der Waals surface area contributed by atoms with E-state index in [0.29, 0.717) is 6.42 Å². The maximum atomic E-state index is 10.2. The summed E-state index contributed by atoms with van der Waals surface area (Å²) in [7, 11) is -4.23. The molecule has 20 heavy (non-hydrogen) atoms. The molecule has 0 aliphatic rings.